The van der Waals surface area contributed by atoms with E-state index in [-0.39, 0.29) is 24.0 Å². The Balaban J connectivity index is 0.00000220. The van der Waals surface area contributed by atoms with Gasteiger partial charge in [-0.1, -0.05) is 6.42 Å². The van der Waals surface area contributed by atoms with Crippen LogP contribution in [0.2, 0.25) is 0 Å². The van der Waals surface area contributed by atoms with Crippen LogP contribution in [0, 0.1) is 0 Å². The first kappa shape index (κ1) is 19.4. The van der Waals surface area contributed by atoms with Gasteiger partial charge < -0.3 is 10.6 Å². The predicted octanol–water partition coefficient (Wildman–Crippen LogP) is 2.54. The topological polar surface area (TPSA) is 39.7 Å². The van der Waals surface area contributed by atoms with Gasteiger partial charge >= 0.3 is 0 Å². The Hall–Kier alpha value is 0.310. The SMILES string of the molecule is CN=C(NCCN1CCCCC1C)NCC1CCCS1.I. The van der Waals surface area contributed by atoms with Gasteiger partial charge in [0.15, 0.2) is 5.96 Å². The van der Waals surface area contributed by atoms with Gasteiger partial charge in [0, 0.05) is 38.0 Å². The summed E-state index contributed by atoms with van der Waals surface area (Å²) in [5.41, 5.74) is 0. The predicted molar refractivity (Wildman–Crippen MR) is 105 cm³/mol. The molecule has 2 aliphatic rings. The molecule has 2 saturated heterocycles. The van der Waals surface area contributed by atoms with E-state index in [2.05, 4.69) is 39.2 Å². The normalized spacial score (nSPS) is 27.2. The number of rotatable bonds is 5. The lowest BCUT2D eigenvalue weighted by Crippen LogP contribution is -2.46. The molecule has 2 fully saturated rings. The molecule has 2 N–H and O–H groups in total. The van der Waals surface area contributed by atoms with Crippen LogP contribution in [0.15, 0.2) is 4.99 Å². The fourth-order valence-electron chi connectivity index (χ4n) is 3.04. The highest BCUT2D eigenvalue weighted by Crippen LogP contribution is 2.25. The van der Waals surface area contributed by atoms with E-state index in [0.29, 0.717) is 0 Å². The second-order valence-electron chi connectivity index (χ2n) is 5.90. The zero-order chi connectivity index (χ0) is 14.2. The van der Waals surface area contributed by atoms with E-state index in [0.717, 1.165) is 36.9 Å². The number of halogens is 1. The van der Waals surface area contributed by atoms with Crippen molar-refractivity contribution in [1.82, 2.24) is 15.5 Å². The Morgan fingerprint density at radius 3 is 2.76 bits per heavy atom. The van der Waals surface area contributed by atoms with Gasteiger partial charge in [-0.2, -0.15) is 11.8 Å². The molecule has 2 unspecified atom stereocenters. The number of likely N-dealkylation sites (tertiary alicyclic amines) is 1. The van der Waals surface area contributed by atoms with Gasteiger partial charge in [0.2, 0.25) is 0 Å². The minimum atomic E-state index is 0. The van der Waals surface area contributed by atoms with Gasteiger partial charge in [-0.05, 0) is 44.9 Å². The molecule has 124 valence electrons. The first-order valence-corrected chi connectivity index (χ1v) is 9.14. The smallest absolute Gasteiger partial charge is 0.191 e. The molecule has 0 amide bonds. The van der Waals surface area contributed by atoms with Crippen LogP contribution < -0.4 is 10.6 Å². The third-order valence-corrected chi connectivity index (χ3v) is 5.77. The molecule has 2 rings (SSSR count). The van der Waals surface area contributed by atoms with Gasteiger partial charge in [-0.3, -0.25) is 9.89 Å². The third-order valence-electron chi connectivity index (χ3n) is 4.38. The summed E-state index contributed by atoms with van der Waals surface area (Å²) in [5.74, 6) is 2.28. The quantitative estimate of drug-likeness (QED) is 0.403. The Labute approximate surface area is 151 Å². The number of guanidine groups is 1. The van der Waals surface area contributed by atoms with Crippen molar-refractivity contribution in [2.24, 2.45) is 4.99 Å². The maximum atomic E-state index is 4.32. The summed E-state index contributed by atoms with van der Waals surface area (Å²) in [4.78, 5) is 6.91. The molecule has 6 heteroatoms. The zero-order valence-corrected chi connectivity index (χ0v) is 16.6. The Bertz CT molecular complexity index is 308. The van der Waals surface area contributed by atoms with Crippen molar-refractivity contribution in [3.05, 3.63) is 0 Å². The van der Waals surface area contributed by atoms with Crippen LogP contribution in [0.5, 0.6) is 0 Å². The molecule has 2 heterocycles. The third kappa shape index (κ3) is 6.95. The Morgan fingerprint density at radius 2 is 2.10 bits per heavy atom. The van der Waals surface area contributed by atoms with Crippen LogP contribution in [0.4, 0.5) is 0 Å². The molecular formula is C15H31IN4S. The second kappa shape index (κ2) is 10.9. The molecule has 21 heavy (non-hydrogen) atoms. The molecule has 0 spiro atoms. The number of piperidine rings is 1. The Morgan fingerprint density at radius 1 is 1.24 bits per heavy atom. The highest BCUT2D eigenvalue weighted by atomic mass is 127. The van der Waals surface area contributed by atoms with Crippen molar-refractivity contribution in [3.8, 4) is 0 Å². The molecule has 0 radical (unpaired) electrons. The van der Waals surface area contributed by atoms with E-state index in [4.69, 9.17) is 0 Å². The molecule has 2 atom stereocenters. The van der Waals surface area contributed by atoms with E-state index < -0.39 is 0 Å². The summed E-state index contributed by atoms with van der Waals surface area (Å²) in [5, 5.41) is 7.68. The minimum Gasteiger partial charge on any atom is -0.355 e. The van der Waals surface area contributed by atoms with Crippen LogP contribution in [-0.4, -0.2) is 61.1 Å². The monoisotopic (exact) mass is 426 g/mol. The number of hydrogen-bond donors (Lipinski definition) is 2. The Kier molecular flexibility index (Phi) is 10.1. The molecule has 0 aromatic carbocycles. The molecule has 0 saturated carbocycles. The van der Waals surface area contributed by atoms with Crippen LogP contribution in [-0.2, 0) is 0 Å². The number of hydrogen-bond acceptors (Lipinski definition) is 3. The fraction of sp³-hybridized carbons (Fsp3) is 0.933. The lowest BCUT2D eigenvalue weighted by Gasteiger charge is -2.33. The maximum absolute atomic E-state index is 4.32. The first-order valence-electron chi connectivity index (χ1n) is 8.10. The van der Waals surface area contributed by atoms with Gasteiger partial charge in [0.05, 0.1) is 0 Å². The first-order chi connectivity index (χ1) is 9.79. The second-order valence-corrected chi connectivity index (χ2v) is 7.30. The van der Waals surface area contributed by atoms with E-state index in [1.807, 2.05) is 7.05 Å². The fourth-order valence-corrected chi connectivity index (χ4v) is 4.25. The van der Waals surface area contributed by atoms with E-state index in [9.17, 15) is 0 Å². The van der Waals surface area contributed by atoms with E-state index in [1.165, 1.54) is 44.4 Å². The van der Waals surface area contributed by atoms with E-state index >= 15 is 0 Å². The highest BCUT2D eigenvalue weighted by molar-refractivity contribution is 14.0. The number of nitrogens with one attached hydrogen (secondary N) is 2. The summed E-state index contributed by atoms with van der Waals surface area (Å²) in [6, 6.07) is 0.746. The molecule has 4 nitrogen and oxygen atoms in total. The van der Waals surface area contributed by atoms with Crippen molar-refractivity contribution in [3.63, 3.8) is 0 Å². The summed E-state index contributed by atoms with van der Waals surface area (Å²) in [6.45, 7) is 6.77. The largest absolute Gasteiger partial charge is 0.355 e. The lowest BCUT2D eigenvalue weighted by molar-refractivity contribution is 0.163. The molecule has 0 bridgehead atoms. The summed E-state index contributed by atoms with van der Waals surface area (Å²) in [6.07, 6.45) is 6.82. The van der Waals surface area contributed by atoms with Crippen LogP contribution in [0.3, 0.4) is 0 Å². The van der Waals surface area contributed by atoms with Gasteiger partial charge in [0.1, 0.15) is 0 Å². The molecular weight excluding hydrogens is 395 g/mol. The van der Waals surface area contributed by atoms with Crippen molar-refractivity contribution in [2.45, 2.75) is 50.3 Å². The molecule has 0 aliphatic carbocycles. The maximum Gasteiger partial charge on any atom is 0.191 e. The average Bonchev–Trinajstić information content (AvgIpc) is 2.98. The lowest BCUT2D eigenvalue weighted by atomic mass is 10.0. The van der Waals surface area contributed by atoms with Crippen molar-refractivity contribution >= 4 is 41.7 Å². The van der Waals surface area contributed by atoms with Crippen LogP contribution in [0.25, 0.3) is 0 Å². The van der Waals surface area contributed by atoms with Crippen molar-refractivity contribution in [1.29, 1.82) is 0 Å². The average molecular weight is 426 g/mol. The van der Waals surface area contributed by atoms with Crippen LogP contribution in [0.1, 0.15) is 39.0 Å². The summed E-state index contributed by atoms with van der Waals surface area (Å²) >= 11 is 2.09. The standard InChI is InChI=1S/C15H30N4S.HI/c1-13-6-3-4-9-19(13)10-8-17-15(16-2)18-12-14-7-5-11-20-14;/h13-14H,3-12H2,1-2H3,(H2,16,17,18);1H. The number of nitrogens with zero attached hydrogens (tertiary/aromatic N) is 2. The van der Waals surface area contributed by atoms with Crippen molar-refractivity contribution in [2.75, 3.05) is 39.0 Å². The van der Waals surface area contributed by atoms with E-state index in [1.54, 1.807) is 0 Å². The van der Waals surface area contributed by atoms with Crippen molar-refractivity contribution < 1.29 is 0 Å². The number of aliphatic imine (C=N–C) groups is 1. The number of thioether (sulfide) groups is 1. The van der Waals surface area contributed by atoms with Gasteiger partial charge in [-0.25, -0.2) is 0 Å². The van der Waals surface area contributed by atoms with Gasteiger partial charge in [0.25, 0.3) is 0 Å². The van der Waals surface area contributed by atoms with Crippen LogP contribution >= 0.6 is 35.7 Å². The summed E-state index contributed by atoms with van der Waals surface area (Å²) < 4.78 is 0. The minimum absolute atomic E-state index is 0. The van der Waals surface area contributed by atoms with Gasteiger partial charge in [-0.15, -0.1) is 24.0 Å². The molecule has 0 aromatic heterocycles. The molecule has 0 aromatic rings. The zero-order valence-electron chi connectivity index (χ0n) is 13.4. The summed E-state index contributed by atoms with van der Waals surface area (Å²) in [7, 11) is 1.86. The molecule has 2 aliphatic heterocycles. The highest BCUT2D eigenvalue weighted by Gasteiger charge is 2.18.